The van der Waals surface area contributed by atoms with Gasteiger partial charge >= 0.3 is 160 Å². The van der Waals surface area contributed by atoms with Gasteiger partial charge in [-0.3, -0.25) is 0 Å². The molecule has 0 spiro atoms. The molecule has 0 aliphatic carbocycles. The summed E-state index contributed by atoms with van der Waals surface area (Å²) in [6, 6.07) is 7.24. The van der Waals surface area contributed by atoms with Crippen molar-refractivity contribution in [3.05, 3.63) is 72.3 Å². The second-order valence-electron chi connectivity index (χ2n) is 5.88. The van der Waals surface area contributed by atoms with Crippen LogP contribution in [0.1, 0.15) is 18.2 Å². The number of azide groups is 1. The molecular weight excluding hydrogens is 425 g/mol. The van der Waals surface area contributed by atoms with Crippen LogP contribution in [0.4, 0.5) is 0 Å². The van der Waals surface area contributed by atoms with Crippen molar-refractivity contribution in [3.8, 4) is 0 Å². The van der Waals surface area contributed by atoms with Gasteiger partial charge in [0.15, 0.2) is 0 Å². The zero-order chi connectivity index (χ0) is 18.7. The first kappa shape index (κ1) is 18.8. The number of ether oxygens (including phenoxy) is 1. The fourth-order valence-electron chi connectivity index (χ4n) is 2.73. The van der Waals surface area contributed by atoms with Crippen molar-refractivity contribution in [2.75, 3.05) is 0 Å². The first-order valence-corrected chi connectivity index (χ1v) is 10.3. The molecule has 1 unspecified atom stereocenters. The van der Waals surface area contributed by atoms with Crippen LogP contribution in [0.25, 0.3) is 10.4 Å². The number of hydrogen-bond acceptors (Lipinski definition) is 4. The van der Waals surface area contributed by atoms with E-state index in [0.717, 1.165) is 4.46 Å². The van der Waals surface area contributed by atoms with Crippen molar-refractivity contribution in [1.29, 1.82) is 0 Å². The van der Waals surface area contributed by atoms with E-state index in [0.29, 0.717) is 22.3 Å². The molecule has 1 saturated heterocycles. The van der Waals surface area contributed by atoms with Crippen LogP contribution in [0, 0.1) is 6.92 Å². The molecule has 3 atom stereocenters. The molecule has 1 fully saturated rings. The Morgan fingerprint density at radius 1 is 1.42 bits per heavy atom. The van der Waals surface area contributed by atoms with E-state index in [1.807, 2.05) is 24.3 Å². The Balaban J connectivity index is 1.77. The number of halogens is 1. The normalized spacial score (nSPS) is 22.2. The van der Waals surface area contributed by atoms with Crippen molar-refractivity contribution in [2.45, 2.75) is 37.0 Å². The second kappa shape index (κ2) is 8.12. The van der Waals surface area contributed by atoms with Gasteiger partial charge in [-0.1, -0.05) is 0 Å². The quantitative estimate of drug-likeness (QED) is 0.331. The summed E-state index contributed by atoms with van der Waals surface area (Å²) in [5.74, 6) is 0. The molecule has 1 aliphatic heterocycles. The summed E-state index contributed by atoms with van der Waals surface area (Å²) in [4.78, 5) is 28.8. The SMILES string of the molecule is Cc1cn([C@H]2CC(N=[N+]=[N-])[C@@H](C[Se]c3ccc(Cl)cc3)O2)c(=O)[nH]c1=O. The van der Waals surface area contributed by atoms with Crippen LogP contribution in [0.5, 0.6) is 0 Å². The van der Waals surface area contributed by atoms with E-state index in [2.05, 4.69) is 15.0 Å². The van der Waals surface area contributed by atoms with Crippen LogP contribution in [0.15, 0.2) is 45.2 Å². The first-order chi connectivity index (χ1) is 12.5. The van der Waals surface area contributed by atoms with Gasteiger partial charge in [-0.25, -0.2) is 0 Å². The number of benzene rings is 1. The third-order valence-corrected chi connectivity index (χ3v) is 6.65. The molecule has 0 bridgehead atoms. The third kappa shape index (κ3) is 4.20. The Labute approximate surface area is 159 Å². The van der Waals surface area contributed by atoms with Crippen LogP contribution < -0.4 is 15.7 Å². The Morgan fingerprint density at radius 3 is 2.85 bits per heavy atom. The van der Waals surface area contributed by atoms with Gasteiger partial charge in [0, 0.05) is 0 Å². The van der Waals surface area contributed by atoms with E-state index in [1.54, 1.807) is 6.92 Å². The minimum atomic E-state index is -0.570. The number of aromatic amines is 1. The van der Waals surface area contributed by atoms with Gasteiger partial charge in [-0.05, 0) is 0 Å². The number of aromatic nitrogens is 2. The Hall–Kier alpha value is -2.02. The predicted molar refractivity (Wildman–Crippen MR) is 99.2 cm³/mol. The Morgan fingerprint density at radius 2 is 2.15 bits per heavy atom. The molecule has 1 aromatic heterocycles. The molecule has 8 nitrogen and oxygen atoms in total. The number of aryl methyl sites for hydroxylation is 1. The summed E-state index contributed by atoms with van der Waals surface area (Å²) < 4.78 is 8.51. The summed E-state index contributed by atoms with van der Waals surface area (Å²) in [5.41, 5.74) is 8.30. The van der Waals surface area contributed by atoms with Crippen molar-refractivity contribution < 1.29 is 4.74 Å². The predicted octanol–water partition coefficient (Wildman–Crippen LogP) is 1.91. The van der Waals surface area contributed by atoms with Crippen LogP contribution in [0.2, 0.25) is 10.3 Å². The number of nitrogens with one attached hydrogen (secondary N) is 1. The zero-order valence-corrected chi connectivity index (χ0v) is 16.3. The van der Waals surface area contributed by atoms with Crippen LogP contribution in [-0.2, 0) is 4.74 Å². The van der Waals surface area contributed by atoms with Crippen molar-refractivity contribution >= 4 is 31.0 Å². The molecule has 1 aromatic carbocycles. The van der Waals surface area contributed by atoms with Gasteiger partial charge in [0.05, 0.1) is 0 Å². The minimum absolute atomic E-state index is 0.110. The standard InChI is InChI=1S/C16H16ClN5O3Se/c1-9-7-22(16(24)19-15(9)23)14-6-12(20-21-18)13(25-14)8-26-11-4-2-10(17)3-5-11/h2-5,7,12-14H,6,8H2,1H3,(H,19,23,24)/t12?,13-,14-/m1/s1. The number of rotatable bonds is 5. The van der Waals surface area contributed by atoms with Crippen molar-refractivity contribution in [2.24, 2.45) is 5.11 Å². The third-order valence-electron chi connectivity index (χ3n) is 4.09. The van der Waals surface area contributed by atoms with E-state index in [1.165, 1.54) is 10.8 Å². The topological polar surface area (TPSA) is 113 Å². The van der Waals surface area contributed by atoms with Crippen LogP contribution >= 0.6 is 11.6 Å². The van der Waals surface area contributed by atoms with Gasteiger partial charge in [-0.2, -0.15) is 0 Å². The summed E-state index contributed by atoms with van der Waals surface area (Å²) in [5, 5.41) is 5.22. The fourth-order valence-corrected chi connectivity index (χ4v) is 4.93. The van der Waals surface area contributed by atoms with Gasteiger partial charge in [0.25, 0.3) is 0 Å². The molecule has 26 heavy (non-hydrogen) atoms. The molecule has 136 valence electrons. The Bertz CT molecular complexity index is 952. The zero-order valence-electron chi connectivity index (χ0n) is 13.8. The molecular formula is C16H16ClN5O3Se. The molecule has 3 rings (SSSR count). The summed E-state index contributed by atoms with van der Waals surface area (Å²) in [6.45, 7) is 1.62. The molecule has 2 heterocycles. The average molecular weight is 441 g/mol. The van der Waals surface area contributed by atoms with Crippen molar-refractivity contribution in [1.82, 2.24) is 9.55 Å². The summed E-state index contributed by atoms with van der Waals surface area (Å²) in [6.07, 6.45) is 1.01. The van der Waals surface area contributed by atoms with Crippen LogP contribution in [-0.4, -0.2) is 36.7 Å². The van der Waals surface area contributed by atoms with E-state index in [4.69, 9.17) is 21.9 Å². The molecule has 0 saturated carbocycles. The van der Waals surface area contributed by atoms with E-state index in [-0.39, 0.29) is 27.1 Å². The molecule has 2 aromatic rings. The monoisotopic (exact) mass is 441 g/mol. The first-order valence-electron chi connectivity index (χ1n) is 7.88. The number of hydrogen-bond donors (Lipinski definition) is 1. The summed E-state index contributed by atoms with van der Waals surface area (Å²) in [7, 11) is 0. The maximum absolute atomic E-state index is 12.1. The number of H-pyrrole nitrogens is 1. The Kier molecular flexibility index (Phi) is 5.86. The molecule has 1 aliphatic rings. The van der Waals surface area contributed by atoms with E-state index >= 15 is 0 Å². The fraction of sp³-hybridized carbons (Fsp3) is 0.375. The van der Waals surface area contributed by atoms with Gasteiger partial charge in [-0.15, -0.1) is 0 Å². The molecule has 10 heteroatoms. The summed E-state index contributed by atoms with van der Waals surface area (Å²) >= 11 is 6.01. The van der Waals surface area contributed by atoms with Gasteiger partial charge in [0.2, 0.25) is 0 Å². The van der Waals surface area contributed by atoms with Crippen LogP contribution in [0.3, 0.4) is 0 Å². The second-order valence-corrected chi connectivity index (χ2v) is 8.61. The molecule has 0 amide bonds. The molecule has 1 N–H and O–H groups in total. The average Bonchev–Trinajstić information content (AvgIpc) is 3.01. The molecule has 0 radical (unpaired) electrons. The maximum atomic E-state index is 12.1. The number of nitrogens with zero attached hydrogens (tertiary/aromatic N) is 4. The van der Waals surface area contributed by atoms with Gasteiger partial charge in [0.1, 0.15) is 0 Å². The van der Waals surface area contributed by atoms with E-state index in [9.17, 15) is 9.59 Å². The van der Waals surface area contributed by atoms with E-state index < -0.39 is 17.5 Å². The van der Waals surface area contributed by atoms with Crippen molar-refractivity contribution in [3.63, 3.8) is 0 Å². The van der Waals surface area contributed by atoms with Gasteiger partial charge < -0.3 is 0 Å².